The quantitative estimate of drug-likeness (QED) is 0.818. The number of amides is 3. The minimum absolute atomic E-state index is 0.0107. The van der Waals surface area contributed by atoms with Gasteiger partial charge in [-0.05, 0) is 38.0 Å². The first-order chi connectivity index (χ1) is 10.5. The van der Waals surface area contributed by atoms with Crippen molar-refractivity contribution in [2.75, 3.05) is 0 Å². The normalized spacial score (nSPS) is 16.3. The Morgan fingerprint density at radius 2 is 2.05 bits per heavy atom. The molecular formula is C15H18ClFN2O2S. The topological polar surface area (TPSA) is 58.2 Å². The average Bonchev–Trinajstić information content (AvgIpc) is 2.95. The molecule has 1 atom stereocenters. The molecule has 0 radical (unpaired) electrons. The number of halogens is 2. The Hall–Kier alpha value is -1.27. The van der Waals surface area contributed by atoms with E-state index in [9.17, 15) is 14.0 Å². The molecule has 1 aliphatic rings. The predicted molar refractivity (Wildman–Crippen MR) is 85.7 cm³/mol. The Morgan fingerprint density at radius 3 is 2.68 bits per heavy atom. The van der Waals surface area contributed by atoms with E-state index in [-0.39, 0.29) is 17.0 Å². The number of hydrogen-bond acceptors (Lipinski definition) is 3. The molecule has 22 heavy (non-hydrogen) atoms. The first kappa shape index (κ1) is 17.1. The molecule has 1 fully saturated rings. The van der Waals surface area contributed by atoms with Gasteiger partial charge < -0.3 is 5.32 Å². The maximum absolute atomic E-state index is 13.1. The predicted octanol–water partition coefficient (Wildman–Crippen LogP) is 3.73. The van der Waals surface area contributed by atoms with Crippen molar-refractivity contribution in [2.45, 2.75) is 48.8 Å². The van der Waals surface area contributed by atoms with Crippen LogP contribution in [0.4, 0.5) is 9.18 Å². The van der Waals surface area contributed by atoms with E-state index >= 15 is 0 Å². The zero-order chi connectivity index (χ0) is 16.1. The zero-order valence-corrected chi connectivity index (χ0v) is 13.8. The molecule has 1 saturated carbocycles. The van der Waals surface area contributed by atoms with Crippen LogP contribution in [0.2, 0.25) is 5.02 Å². The number of hydrogen-bond donors (Lipinski definition) is 2. The van der Waals surface area contributed by atoms with Gasteiger partial charge in [0.15, 0.2) is 0 Å². The Balaban J connectivity index is 1.83. The third-order valence-electron chi connectivity index (χ3n) is 3.50. The highest BCUT2D eigenvalue weighted by atomic mass is 35.5. The average molecular weight is 345 g/mol. The monoisotopic (exact) mass is 344 g/mol. The van der Waals surface area contributed by atoms with Crippen LogP contribution in [0.25, 0.3) is 0 Å². The lowest BCUT2D eigenvalue weighted by Crippen LogP contribution is -2.45. The van der Waals surface area contributed by atoms with Gasteiger partial charge >= 0.3 is 6.03 Å². The van der Waals surface area contributed by atoms with Crippen LogP contribution in [0.3, 0.4) is 0 Å². The Morgan fingerprint density at radius 1 is 1.36 bits per heavy atom. The molecule has 0 saturated heterocycles. The number of thioether (sulfide) groups is 1. The summed E-state index contributed by atoms with van der Waals surface area (Å²) < 4.78 is 13.1. The molecule has 1 aromatic carbocycles. The summed E-state index contributed by atoms with van der Waals surface area (Å²) >= 11 is 6.92. The fourth-order valence-electron chi connectivity index (χ4n) is 2.31. The fourth-order valence-corrected chi connectivity index (χ4v) is 3.46. The van der Waals surface area contributed by atoms with E-state index in [1.807, 2.05) is 0 Å². The van der Waals surface area contributed by atoms with E-state index in [0.29, 0.717) is 4.90 Å². The van der Waals surface area contributed by atoms with Crippen LogP contribution < -0.4 is 10.6 Å². The van der Waals surface area contributed by atoms with Gasteiger partial charge in [-0.25, -0.2) is 9.18 Å². The lowest BCUT2D eigenvalue weighted by molar-refractivity contribution is -0.119. The van der Waals surface area contributed by atoms with Crippen molar-refractivity contribution in [1.29, 1.82) is 0 Å². The summed E-state index contributed by atoms with van der Waals surface area (Å²) in [5.74, 6) is -0.889. The molecule has 3 amide bonds. The van der Waals surface area contributed by atoms with Gasteiger partial charge in [0.2, 0.25) is 5.91 Å². The Labute approximate surface area is 138 Å². The number of urea groups is 1. The highest BCUT2D eigenvalue weighted by Crippen LogP contribution is 2.27. The summed E-state index contributed by atoms with van der Waals surface area (Å²) in [6.45, 7) is 1.68. The van der Waals surface area contributed by atoms with Crippen molar-refractivity contribution >= 4 is 35.3 Å². The van der Waals surface area contributed by atoms with Crippen molar-refractivity contribution in [3.8, 4) is 0 Å². The van der Waals surface area contributed by atoms with Gasteiger partial charge in [-0.2, -0.15) is 0 Å². The second-order valence-electron chi connectivity index (χ2n) is 5.28. The zero-order valence-electron chi connectivity index (χ0n) is 12.2. The Kier molecular flexibility index (Phi) is 6.08. The van der Waals surface area contributed by atoms with Gasteiger partial charge in [0, 0.05) is 10.9 Å². The summed E-state index contributed by atoms with van der Waals surface area (Å²) in [5.41, 5.74) is 0. The van der Waals surface area contributed by atoms with Crippen molar-refractivity contribution in [3.05, 3.63) is 29.0 Å². The van der Waals surface area contributed by atoms with E-state index in [1.165, 1.54) is 23.9 Å². The molecule has 1 aliphatic carbocycles. The van der Waals surface area contributed by atoms with Crippen LogP contribution in [0.5, 0.6) is 0 Å². The molecule has 7 heteroatoms. The van der Waals surface area contributed by atoms with Crippen molar-refractivity contribution in [1.82, 2.24) is 10.6 Å². The highest BCUT2D eigenvalue weighted by molar-refractivity contribution is 8.00. The van der Waals surface area contributed by atoms with E-state index in [0.717, 1.165) is 25.7 Å². The molecule has 0 aromatic heterocycles. The number of imide groups is 1. The number of carbonyl (C=O) groups is 2. The number of rotatable bonds is 4. The minimum Gasteiger partial charge on any atom is -0.335 e. The van der Waals surface area contributed by atoms with Crippen molar-refractivity contribution < 1.29 is 14.0 Å². The lowest BCUT2D eigenvalue weighted by Gasteiger charge is -2.15. The molecule has 120 valence electrons. The van der Waals surface area contributed by atoms with Crippen LogP contribution in [-0.4, -0.2) is 23.2 Å². The van der Waals surface area contributed by atoms with Gasteiger partial charge in [0.05, 0.1) is 10.3 Å². The summed E-state index contributed by atoms with van der Waals surface area (Å²) in [5, 5.41) is 4.65. The molecule has 0 heterocycles. The molecule has 0 bridgehead atoms. The van der Waals surface area contributed by atoms with Gasteiger partial charge in [-0.3, -0.25) is 10.1 Å². The third kappa shape index (κ3) is 4.88. The molecule has 4 nitrogen and oxygen atoms in total. The van der Waals surface area contributed by atoms with E-state index in [2.05, 4.69) is 10.6 Å². The first-order valence-electron chi connectivity index (χ1n) is 7.19. The number of nitrogens with one attached hydrogen (secondary N) is 2. The van der Waals surface area contributed by atoms with E-state index in [1.54, 1.807) is 13.0 Å². The van der Waals surface area contributed by atoms with Gasteiger partial charge in [0.25, 0.3) is 0 Å². The van der Waals surface area contributed by atoms with Crippen LogP contribution in [0, 0.1) is 5.82 Å². The molecule has 1 unspecified atom stereocenters. The molecule has 0 spiro atoms. The fraction of sp³-hybridized carbons (Fsp3) is 0.467. The molecule has 1 aromatic rings. The largest absolute Gasteiger partial charge is 0.335 e. The van der Waals surface area contributed by atoms with Gasteiger partial charge in [-0.1, -0.05) is 24.4 Å². The maximum Gasteiger partial charge on any atom is 0.321 e. The summed E-state index contributed by atoms with van der Waals surface area (Å²) in [6.07, 6.45) is 4.13. The SMILES string of the molecule is CC(Sc1ccc(F)c(Cl)c1)C(=O)NC(=O)NC1CCCC1. The van der Waals surface area contributed by atoms with Crippen LogP contribution in [-0.2, 0) is 4.79 Å². The smallest absolute Gasteiger partial charge is 0.321 e. The lowest BCUT2D eigenvalue weighted by atomic mass is 10.2. The maximum atomic E-state index is 13.1. The molecule has 2 N–H and O–H groups in total. The highest BCUT2D eigenvalue weighted by Gasteiger charge is 2.21. The van der Waals surface area contributed by atoms with Crippen molar-refractivity contribution in [3.63, 3.8) is 0 Å². The Bertz CT molecular complexity index is 564. The minimum atomic E-state index is -0.501. The number of carbonyl (C=O) groups excluding carboxylic acids is 2. The standard InChI is InChI=1S/C15H18ClFN2O2S/c1-9(22-11-6-7-13(17)12(16)8-11)14(20)19-15(21)18-10-4-2-3-5-10/h6-10H,2-5H2,1H3,(H2,18,19,20,21). The second kappa shape index (κ2) is 7.83. The summed E-state index contributed by atoms with van der Waals surface area (Å²) in [4.78, 5) is 24.4. The third-order valence-corrected chi connectivity index (χ3v) is 4.88. The van der Waals surface area contributed by atoms with E-state index < -0.39 is 17.1 Å². The van der Waals surface area contributed by atoms with Crippen LogP contribution in [0.15, 0.2) is 23.1 Å². The number of benzene rings is 1. The second-order valence-corrected chi connectivity index (χ2v) is 7.10. The van der Waals surface area contributed by atoms with Gasteiger partial charge in [0.1, 0.15) is 5.82 Å². The summed E-state index contributed by atoms with van der Waals surface area (Å²) in [7, 11) is 0. The van der Waals surface area contributed by atoms with Crippen LogP contribution in [0.1, 0.15) is 32.6 Å². The van der Waals surface area contributed by atoms with Crippen LogP contribution >= 0.6 is 23.4 Å². The molecule has 0 aliphatic heterocycles. The van der Waals surface area contributed by atoms with E-state index in [4.69, 9.17) is 11.6 Å². The van der Waals surface area contributed by atoms with Crippen molar-refractivity contribution in [2.24, 2.45) is 0 Å². The first-order valence-corrected chi connectivity index (χ1v) is 8.44. The molecular weight excluding hydrogens is 327 g/mol. The summed E-state index contributed by atoms with van der Waals surface area (Å²) in [6, 6.07) is 3.97. The molecule has 2 rings (SSSR count). The van der Waals surface area contributed by atoms with Gasteiger partial charge in [-0.15, -0.1) is 11.8 Å².